The van der Waals surface area contributed by atoms with Gasteiger partial charge in [-0.25, -0.2) is 14.4 Å². The fourth-order valence-corrected chi connectivity index (χ4v) is 5.73. The van der Waals surface area contributed by atoms with Crippen molar-refractivity contribution in [3.63, 3.8) is 0 Å². The summed E-state index contributed by atoms with van der Waals surface area (Å²) in [6.45, 7) is 7.28. The van der Waals surface area contributed by atoms with Gasteiger partial charge in [0.25, 0.3) is 0 Å². The van der Waals surface area contributed by atoms with Gasteiger partial charge in [-0.05, 0) is 140 Å². The second kappa shape index (κ2) is 16.8. The number of benzene rings is 6. The number of rotatable bonds is 12. The summed E-state index contributed by atoms with van der Waals surface area (Å²) in [5.41, 5.74) is 5.02. The Hall–Kier alpha value is -7.00. The van der Waals surface area contributed by atoms with Gasteiger partial charge in [-0.1, -0.05) is 43.3 Å². The zero-order chi connectivity index (χ0) is 39.1. The maximum atomic E-state index is 13.0. The Bertz CT molecular complexity index is 2340. The third kappa shape index (κ3) is 9.33. The van der Waals surface area contributed by atoms with Crippen LogP contribution >= 0.6 is 0 Å². The standard InChI is InChI=1S/C46H38O9/c1-28-26-36(14-24-42(28)54-45(49)34-8-6-32(7-9-34)31(4)47)30(3)37-15-25-43(29(2)27-37)55-46(50)35-12-10-33(11-13-35)44(48)53-41-22-20-40(21-23-41)52-39-18-16-38(51-5)17-19-39/h6-27,30H,1-5H3. The molecule has 0 aromatic heterocycles. The minimum atomic E-state index is -0.576. The second-order valence-electron chi connectivity index (χ2n) is 12.9. The summed E-state index contributed by atoms with van der Waals surface area (Å²) in [6, 6.07) is 37.6. The summed E-state index contributed by atoms with van der Waals surface area (Å²) in [7, 11) is 1.60. The molecule has 0 heterocycles. The van der Waals surface area contributed by atoms with Crippen LogP contribution < -0.4 is 23.7 Å². The van der Waals surface area contributed by atoms with Gasteiger partial charge < -0.3 is 23.7 Å². The summed E-state index contributed by atoms with van der Waals surface area (Å²) < 4.78 is 27.9. The molecule has 1 unspecified atom stereocenters. The Morgan fingerprint density at radius 2 is 0.818 bits per heavy atom. The molecule has 1 atom stereocenters. The SMILES string of the molecule is COc1ccc(Oc2ccc(OC(=O)c3ccc(C(=O)Oc4ccc(C(C)c5ccc(OC(=O)c6ccc(C(C)=O)cc6)c(C)c5)cc4C)cc3)cc2)cc1. The van der Waals surface area contributed by atoms with E-state index in [0.29, 0.717) is 39.9 Å². The minimum absolute atomic E-state index is 0.0102. The van der Waals surface area contributed by atoms with Crippen LogP contribution in [0.3, 0.4) is 0 Å². The molecule has 276 valence electrons. The molecule has 6 rings (SSSR count). The van der Waals surface area contributed by atoms with Crippen molar-refractivity contribution in [2.45, 2.75) is 33.6 Å². The molecule has 0 N–H and O–H groups in total. The summed E-state index contributed by atoms with van der Waals surface area (Å²) in [5, 5.41) is 0. The highest BCUT2D eigenvalue weighted by molar-refractivity contribution is 5.97. The second-order valence-corrected chi connectivity index (χ2v) is 12.9. The average molecular weight is 735 g/mol. The lowest BCUT2D eigenvalue weighted by Crippen LogP contribution is -2.12. The molecule has 0 aliphatic heterocycles. The summed E-state index contributed by atoms with van der Waals surface area (Å²) in [6.07, 6.45) is 0. The first-order chi connectivity index (χ1) is 26.5. The molecule has 0 bridgehead atoms. The first kappa shape index (κ1) is 37.7. The molecule has 0 amide bonds. The first-order valence-electron chi connectivity index (χ1n) is 17.5. The lowest BCUT2D eigenvalue weighted by atomic mass is 9.91. The predicted molar refractivity (Wildman–Crippen MR) is 207 cm³/mol. The van der Waals surface area contributed by atoms with Crippen molar-refractivity contribution in [3.05, 3.63) is 178 Å². The van der Waals surface area contributed by atoms with Crippen LogP contribution in [0, 0.1) is 13.8 Å². The number of esters is 3. The first-order valence-corrected chi connectivity index (χ1v) is 17.5. The van der Waals surface area contributed by atoms with E-state index in [-0.39, 0.29) is 22.8 Å². The Balaban J connectivity index is 1.02. The van der Waals surface area contributed by atoms with Crippen molar-refractivity contribution in [1.29, 1.82) is 0 Å². The summed E-state index contributed by atoms with van der Waals surface area (Å²) in [5.74, 6) is 1.41. The number of aryl methyl sites for hydroxylation is 2. The quantitative estimate of drug-likeness (QED) is 0.0688. The van der Waals surface area contributed by atoms with Crippen LogP contribution in [-0.2, 0) is 0 Å². The van der Waals surface area contributed by atoms with E-state index < -0.39 is 17.9 Å². The number of Topliss-reactive ketones (excluding diaryl/α,β-unsaturated/α-hetero) is 1. The molecule has 9 heteroatoms. The molecule has 0 spiro atoms. The molecular weight excluding hydrogens is 696 g/mol. The van der Waals surface area contributed by atoms with Crippen molar-refractivity contribution in [2.24, 2.45) is 0 Å². The van der Waals surface area contributed by atoms with Crippen LogP contribution in [0.4, 0.5) is 0 Å². The monoisotopic (exact) mass is 734 g/mol. The van der Waals surface area contributed by atoms with Crippen LogP contribution in [-0.4, -0.2) is 30.8 Å². The summed E-state index contributed by atoms with van der Waals surface area (Å²) in [4.78, 5) is 50.1. The Labute approximate surface area is 319 Å². The fraction of sp³-hybridized carbons (Fsp3) is 0.130. The minimum Gasteiger partial charge on any atom is -0.497 e. The van der Waals surface area contributed by atoms with Crippen LogP contribution in [0.1, 0.15) is 83.5 Å². The molecule has 0 saturated carbocycles. The maximum absolute atomic E-state index is 13.0. The molecule has 0 aliphatic rings. The van der Waals surface area contributed by atoms with E-state index in [1.54, 1.807) is 92.0 Å². The maximum Gasteiger partial charge on any atom is 0.343 e. The van der Waals surface area contributed by atoms with E-state index in [2.05, 4.69) is 6.92 Å². The number of methoxy groups -OCH3 is 1. The number of hydrogen-bond acceptors (Lipinski definition) is 9. The lowest BCUT2D eigenvalue weighted by molar-refractivity contribution is 0.0720. The van der Waals surface area contributed by atoms with Gasteiger partial charge in [-0.2, -0.15) is 0 Å². The Morgan fingerprint density at radius 3 is 1.20 bits per heavy atom. The topological polar surface area (TPSA) is 114 Å². The molecule has 0 fully saturated rings. The van der Waals surface area contributed by atoms with Crippen LogP contribution in [0.25, 0.3) is 0 Å². The largest absolute Gasteiger partial charge is 0.497 e. The van der Waals surface area contributed by atoms with E-state index in [1.165, 1.54) is 31.2 Å². The van der Waals surface area contributed by atoms with Gasteiger partial charge in [-0.3, -0.25) is 4.79 Å². The number of carbonyl (C=O) groups is 4. The zero-order valence-corrected chi connectivity index (χ0v) is 31.0. The van der Waals surface area contributed by atoms with E-state index in [9.17, 15) is 19.2 Å². The molecule has 6 aromatic rings. The van der Waals surface area contributed by atoms with E-state index in [4.69, 9.17) is 23.7 Å². The van der Waals surface area contributed by atoms with Gasteiger partial charge in [0.1, 0.15) is 34.5 Å². The normalized spacial score (nSPS) is 11.2. The molecule has 9 nitrogen and oxygen atoms in total. The fourth-order valence-electron chi connectivity index (χ4n) is 5.73. The number of ether oxygens (including phenoxy) is 5. The van der Waals surface area contributed by atoms with Crippen molar-refractivity contribution in [2.75, 3.05) is 7.11 Å². The smallest absolute Gasteiger partial charge is 0.343 e. The molecular formula is C46H38O9. The lowest BCUT2D eigenvalue weighted by Gasteiger charge is -2.17. The van der Waals surface area contributed by atoms with E-state index in [1.807, 2.05) is 38.1 Å². The van der Waals surface area contributed by atoms with Crippen molar-refractivity contribution >= 4 is 23.7 Å². The highest BCUT2D eigenvalue weighted by Crippen LogP contribution is 2.32. The van der Waals surface area contributed by atoms with E-state index >= 15 is 0 Å². The molecule has 0 saturated heterocycles. The molecule has 0 aliphatic carbocycles. The van der Waals surface area contributed by atoms with E-state index in [0.717, 1.165) is 28.0 Å². The summed E-state index contributed by atoms with van der Waals surface area (Å²) >= 11 is 0. The third-order valence-corrected chi connectivity index (χ3v) is 9.02. The Morgan fingerprint density at radius 1 is 0.455 bits per heavy atom. The number of hydrogen-bond donors (Lipinski definition) is 0. The van der Waals surface area contributed by atoms with Crippen LogP contribution in [0.2, 0.25) is 0 Å². The van der Waals surface area contributed by atoms with Crippen molar-refractivity contribution in [3.8, 4) is 34.5 Å². The van der Waals surface area contributed by atoms with Gasteiger partial charge in [0.15, 0.2) is 5.78 Å². The van der Waals surface area contributed by atoms with Gasteiger partial charge in [0, 0.05) is 11.5 Å². The van der Waals surface area contributed by atoms with Gasteiger partial charge in [0.2, 0.25) is 0 Å². The van der Waals surface area contributed by atoms with Crippen LogP contribution in [0.5, 0.6) is 34.5 Å². The van der Waals surface area contributed by atoms with Gasteiger partial charge >= 0.3 is 17.9 Å². The molecule has 0 radical (unpaired) electrons. The average Bonchev–Trinajstić information content (AvgIpc) is 3.20. The van der Waals surface area contributed by atoms with Crippen molar-refractivity contribution in [1.82, 2.24) is 0 Å². The highest BCUT2D eigenvalue weighted by Gasteiger charge is 2.17. The highest BCUT2D eigenvalue weighted by atomic mass is 16.5. The number of ketones is 1. The third-order valence-electron chi connectivity index (χ3n) is 9.02. The Kier molecular flexibility index (Phi) is 11.5. The predicted octanol–water partition coefficient (Wildman–Crippen LogP) is 10.1. The zero-order valence-electron chi connectivity index (χ0n) is 31.0. The molecule has 6 aromatic carbocycles. The molecule has 55 heavy (non-hydrogen) atoms. The van der Waals surface area contributed by atoms with Gasteiger partial charge in [0.05, 0.1) is 23.8 Å². The van der Waals surface area contributed by atoms with Gasteiger partial charge in [-0.15, -0.1) is 0 Å². The number of carbonyl (C=O) groups excluding carboxylic acids is 4. The van der Waals surface area contributed by atoms with Crippen molar-refractivity contribution < 1.29 is 42.9 Å². The van der Waals surface area contributed by atoms with Crippen LogP contribution in [0.15, 0.2) is 133 Å².